The molecule has 3 rings (SSSR count). The van der Waals surface area contributed by atoms with Crippen molar-refractivity contribution in [3.63, 3.8) is 0 Å². The minimum absolute atomic E-state index is 0.875. The van der Waals surface area contributed by atoms with Crippen LogP contribution >= 0.6 is 11.6 Å². The Hall–Kier alpha value is -1.36. The Balaban J connectivity index is 1.44. The van der Waals surface area contributed by atoms with E-state index in [2.05, 4.69) is 44.6 Å². The minimum Gasteiger partial charge on any atom is -0.334 e. The molecule has 22 heavy (non-hydrogen) atoms. The van der Waals surface area contributed by atoms with Crippen LogP contribution < -0.4 is 0 Å². The van der Waals surface area contributed by atoms with Crippen LogP contribution in [0.5, 0.6) is 0 Å². The van der Waals surface area contributed by atoms with Crippen molar-refractivity contribution in [1.82, 2.24) is 19.4 Å². The molecule has 0 bridgehead atoms. The maximum Gasteiger partial charge on any atom is 0.105 e. The first-order chi connectivity index (χ1) is 10.7. The van der Waals surface area contributed by atoms with E-state index in [-0.39, 0.29) is 0 Å². The van der Waals surface area contributed by atoms with Gasteiger partial charge in [0, 0.05) is 63.2 Å². The van der Waals surface area contributed by atoms with Gasteiger partial charge in [0.1, 0.15) is 5.82 Å². The molecule has 118 valence electrons. The number of nitrogens with zero attached hydrogens (tertiary/aromatic N) is 4. The van der Waals surface area contributed by atoms with E-state index in [1.807, 2.05) is 18.3 Å². The third kappa shape index (κ3) is 3.88. The summed E-state index contributed by atoms with van der Waals surface area (Å²) in [5.74, 6) is 1.09. The van der Waals surface area contributed by atoms with E-state index in [0.717, 1.165) is 56.7 Å². The molecule has 1 fully saturated rings. The lowest BCUT2D eigenvalue weighted by Gasteiger charge is -2.35. The molecule has 1 saturated heterocycles. The first-order valence-corrected chi connectivity index (χ1v) is 8.26. The van der Waals surface area contributed by atoms with Crippen LogP contribution in [0.25, 0.3) is 0 Å². The van der Waals surface area contributed by atoms with Crippen molar-refractivity contribution in [1.29, 1.82) is 0 Å². The van der Waals surface area contributed by atoms with Crippen LogP contribution in [0.15, 0.2) is 36.7 Å². The molecule has 2 heterocycles. The van der Waals surface area contributed by atoms with Gasteiger partial charge in [0.05, 0.1) is 0 Å². The molecule has 1 aliphatic heterocycles. The van der Waals surface area contributed by atoms with Crippen LogP contribution in [-0.4, -0.2) is 52.1 Å². The quantitative estimate of drug-likeness (QED) is 0.847. The average molecular weight is 319 g/mol. The summed E-state index contributed by atoms with van der Waals surface area (Å²) in [6.45, 7) is 9.59. The molecule has 0 atom stereocenters. The number of rotatable bonds is 5. The molecule has 1 aliphatic rings. The van der Waals surface area contributed by atoms with E-state index in [0.29, 0.717) is 0 Å². The molecule has 0 spiro atoms. The fourth-order valence-electron chi connectivity index (χ4n) is 2.93. The molecule has 0 N–H and O–H groups in total. The monoisotopic (exact) mass is 318 g/mol. The number of aromatic nitrogens is 2. The Morgan fingerprint density at radius 3 is 2.45 bits per heavy atom. The predicted octanol–water partition coefficient (Wildman–Crippen LogP) is 2.66. The molecular weight excluding hydrogens is 296 g/mol. The standard InChI is InChI=1S/C17H23ClN4/c1-15-19-6-7-22(15)13-12-20-8-10-21(11-9-20)14-16-4-2-3-5-17(16)18/h2-7H,8-14H2,1H3. The van der Waals surface area contributed by atoms with Crippen LogP contribution in [-0.2, 0) is 13.1 Å². The van der Waals surface area contributed by atoms with Gasteiger partial charge in [-0.3, -0.25) is 9.80 Å². The first-order valence-electron chi connectivity index (χ1n) is 7.88. The number of benzene rings is 1. The normalized spacial score (nSPS) is 17.0. The summed E-state index contributed by atoms with van der Waals surface area (Å²) in [5, 5.41) is 0.875. The van der Waals surface area contributed by atoms with Gasteiger partial charge in [0.25, 0.3) is 0 Å². The highest BCUT2D eigenvalue weighted by Crippen LogP contribution is 2.17. The molecule has 4 nitrogen and oxygen atoms in total. The van der Waals surface area contributed by atoms with Crippen LogP contribution in [0.1, 0.15) is 11.4 Å². The summed E-state index contributed by atoms with van der Waals surface area (Å²) >= 11 is 6.25. The van der Waals surface area contributed by atoms with Crippen molar-refractivity contribution < 1.29 is 0 Å². The molecule has 1 aromatic carbocycles. The number of aryl methyl sites for hydroxylation is 1. The Morgan fingerprint density at radius 2 is 1.77 bits per heavy atom. The number of piperazine rings is 1. The summed E-state index contributed by atoms with van der Waals surface area (Å²) in [7, 11) is 0. The lowest BCUT2D eigenvalue weighted by molar-refractivity contribution is 0.124. The van der Waals surface area contributed by atoms with Crippen LogP contribution in [0, 0.1) is 6.92 Å². The van der Waals surface area contributed by atoms with E-state index >= 15 is 0 Å². The molecule has 5 heteroatoms. The van der Waals surface area contributed by atoms with Gasteiger partial charge in [-0.05, 0) is 18.6 Å². The molecule has 0 saturated carbocycles. The van der Waals surface area contributed by atoms with Crippen molar-refractivity contribution in [2.24, 2.45) is 0 Å². The molecule has 0 amide bonds. The predicted molar refractivity (Wildman–Crippen MR) is 90.1 cm³/mol. The SMILES string of the molecule is Cc1nccn1CCN1CCN(Cc2ccccc2Cl)CC1. The fraction of sp³-hybridized carbons (Fsp3) is 0.471. The average Bonchev–Trinajstić information content (AvgIpc) is 2.94. The van der Waals surface area contributed by atoms with Gasteiger partial charge >= 0.3 is 0 Å². The third-order valence-electron chi connectivity index (χ3n) is 4.40. The zero-order valence-corrected chi connectivity index (χ0v) is 13.8. The van der Waals surface area contributed by atoms with Gasteiger partial charge in [0.15, 0.2) is 0 Å². The summed E-state index contributed by atoms with van der Waals surface area (Å²) in [4.78, 5) is 9.29. The summed E-state index contributed by atoms with van der Waals surface area (Å²) in [6, 6.07) is 8.14. The molecular formula is C17H23ClN4. The Labute approximate surface area is 137 Å². The van der Waals surface area contributed by atoms with Crippen molar-refractivity contribution in [2.45, 2.75) is 20.0 Å². The summed E-state index contributed by atoms with van der Waals surface area (Å²) in [5.41, 5.74) is 1.23. The van der Waals surface area contributed by atoms with E-state index in [9.17, 15) is 0 Å². The summed E-state index contributed by atoms with van der Waals surface area (Å²) < 4.78 is 2.22. The zero-order valence-electron chi connectivity index (χ0n) is 13.1. The molecule has 0 radical (unpaired) electrons. The topological polar surface area (TPSA) is 24.3 Å². The Kier molecular flexibility index (Phi) is 5.13. The molecule has 1 aromatic heterocycles. The lowest BCUT2D eigenvalue weighted by Crippen LogP contribution is -2.46. The van der Waals surface area contributed by atoms with Crippen molar-refractivity contribution >= 4 is 11.6 Å². The third-order valence-corrected chi connectivity index (χ3v) is 4.77. The number of hydrogen-bond donors (Lipinski definition) is 0. The maximum absolute atomic E-state index is 6.25. The van der Waals surface area contributed by atoms with Crippen LogP contribution in [0.4, 0.5) is 0 Å². The second-order valence-electron chi connectivity index (χ2n) is 5.88. The van der Waals surface area contributed by atoms with Crippen LogP contribution in [0.2, 0.25) is 5.02 Å². The van der Waals surface area contributed by atoms with Gasteiger partial charge in [0.2, 0.25) is 0 Å². The van der Waals surface area contributed by atoms with Crippen molar-refractivity contribution in [3.8, 4) is 0 Å². The zero-order chi connectivity index (χ0) is 15.4. The first kappa shape index (κ1) is 15.5. The second-order valence-corrected chi connectivity index (χ2v) is 6.28. The van der Waals surface area contributed by atoms with Crippen LogP contribution in [0.3, 0.4) is 0 Å². The highest BCUT2D eigenvalue weighted by Gasteiger charge is 2.17. The van der Waals surface area contributed by atoms with E-state index in [1.54, 1.807) is 0 Å². The Bertz CT molecular complexity index is 602. The number of imidazole rings is 1. The molecule has 2 aromatic rings. The fourth-order valence-corrected chi connectivity index (χ4v) is 3.12. The van der Waals surface area contributed by atoms with Gasteiger partial charge in [-0.15, -0.1) is 0 Å². The highest BCUT2D eigenvalue weighted by atomic mass is 35.5. The van der Waals surface area contributed by atoms with Gasteiger partial charge in [-0.25, -0.2) is 4.98 Å². The maximum atomic E-state index is 6.25. The van der Waals surface area contributed by atoms with Gasteiger partial charge < -0.3 is 4.57 Å². The lowest BCUT2D eigenvalue weighted by atomic mass is 10.2. The molecule has 0 aliphatic carbocycles. The van der Waals surface area contributed by atoms with Gasteiger partial charge in [-0.2, -0.15) is 0 Å². The van der Waals surface area contributed by atoms with E-state index in [1.165, 1.54) is 5.56 Å². The minimum atomic E-state index is 0.875. The van der Waals surface area contributed by atoms with E-state index < -0.39 is 0 Å². The summed E-state index contributed by atoms with van der Waals surface area (Å²) in [6.07, 6.45) is 3.93. The van der Waals surface area contributed by atoms with Crippen molar-refractivity contribution in [2.75, 3.05) is 32.7 Å². The second kappa shape index (κ2) is 7.27. The van der Waals surface area contributed by atoms with Gasteiger partial charge in [-0.1, -0.05) is 29.8 Å². The largest absolute Gasteiger partial charge is 0.334 e. The molecule has 0 unspecified atom stereocenters. The van der Waals surface area contributed by atoms with E-state index in [4.69, 9.17) is 11.6 Å². The Morgan fingerprint density at radius 1 is 1.05 bits per heavy atom. The van der Waals surface area contributed by atoms with Crippen molar-refractivity contribution in [3.05, 3.63) is 53.1 Å². The number of halogens is 1. The highest BCUT2D eigenvalue weighted by molar-refractivity contribution is 6.31. The smallest absolute Gasteiger partial charge is 0.105 e. The number of hydrogen-bond acceptors (Lipinski definition) is 3.